The molecule has 8 nitrogen and oxygen atoms in total. The summed E-state index contributed by atoms with van der Waals surface area (Å²) < 4.78 is 29.0. The first-order valence-corrected chi connectivity index (χ1v) is 8.80. The lowest BCUT2D eigenvalue weighted by Crippen LogP contribution is -2.76. The fourth-order valence-electron chi connectivity index (χ4n) is 2.63. The van der Waals surface area contributed by atoms with Gasteiger partial charge in [-0.05, 0) is 6.92 Å². The molecular weight excluding hydrogens is 312 g/mol. The highest BCUT2D eigenvalue weighted by molar-refractivity contribution is 7.88. The number of nitrogens with one attached hydrogen (secondary N) is 1. The van der Waals surface area contributed by atoms with Gasteiger partial charge in [0.05, 0.1) is 18.9 Å². The molecule has 22 heavy (non-hydrogen) atoms. The first kappa shape index (κ1) is 18.9. The van der Waals surface area contributed by atoms with Crippen LogP contribution in [0.1, 0.15) is 27.2 Å². The maximum absolute atomic E-state index is 12.0. The van der Waals surface area contributed by atoms with E-state index in [0.29, 0.717) is 6.61 Å². The summed E-state index contributed by atoms with van der Waals surface area (Å²) in [5.41, 5.74) is -2.25. The van der Waals surface area contributed by atoms with Gasteiger partial charge >= 0.3 is 5.97 Å². The van der Waals surface area contributed by atoms with E-state index in [1.54, 1.807) is 13.8 Å². The predicted molar refractivity (Wildman–Crippen MR) is 79.8 cm³/mol. The average molecular weight is 336 g/mol. The van der Waals surface area contributed by atoms with Crippen LogP contribution in [0.25, 0.3) is 0 Å². The first-order valence-electron chi connectivity index (χ1n) is 6.95. The SMILES string of the molecule is CCOC1CC(NC(=O)CN(C)S(C)(=O)=O)(C(=O)O)C1(C)C. The van der Waals surface area contributed by atoms with E-state index < -0.39 is 39.4 Å². The van der Waals surface area contributed by atoms with Crippen molar-refractivity contribution in [2.24, 2.45) is 5.41 Å². The molecule has 0 aromatic carbocycles. The number of carboxylic acids is 1. The van der Waals surface area contributed by atoms with Crippen LogP contribution in [0.3, 0.4) is 0 Å². The van der Waals surface area contributed by atoms with Gasteiger partial charge in [-0.3, -0.25) is 4.79 Å². The molecule has 0 radical (unpaired) electrons. The molecule has 0 saturated heterocycles. The van der Waals surface area contributed by atoms with E-state index in [2.05, 4.69) is 5.32 Å². The Morgan fingerprint density at radius 2 is 1.95 bits per heavy atom. The lowest BCUT2D eigenvalue weighted by molar-refractivity contribution is -0.194. The second kappa shape index (κ2) is 6.13. The number of likely N-dealkylation sites (N-methyl/N-ethyl adjacent to an activating group) is 1. The largest absolute Gasteiger partial charge is 0.479 e. The molecule has 1 rings (SSSR count). The number of aliphatic carboxylic acids is 1. The molecule has 2 atom stereocenters. The van der Waals surface area contributed by atoms with Crippen molar-refractivity contribution in [1.82, 2.24) is 9.62 Å². The van der Waals surface area contributed by atoms with E-state index >= 15 is 0 Å². The summed E-state index contributed by atoms with van der Waals surface area (Å²) in [6.45, 7) is 5.27. The van der Waals surface area contributed by atoms with Crippen LogP contribution < -0.4 is 5.32 Å². The molecule has 1 saturated carbocycles. The summed E-state index contributed by atoms with van der Waals surface area (Å²) in [7, 11) is -2.25. The van der Waals surface area contributed by atoms with Gasteiger partial charge in [0, 0.05) is 25.5 Å². The Kier molecular flexibility index (Phi) is 5.26. The summed E-state index contributed by atoms with van der Waals surface area (Å²) in [4.78, 5) is 23.7. The highest BCUT2D eigenvalue weighted by Gasteiger charge is 2.66. The molecule has 128 valence electrons. The zero-order valence-electron chi connectivity index (χ0n) is 13.5. The van der Waals surface area contributed by atoms with Crippen molar-refractivity contribution in [2.45, 2.75) is 38.8 Å². The smallest absolute Gasteiger partial charge is 0.330 e. The van der Waals surface area contributed by atoms with Crippen LogP contribution >= 0.6 is 0 Å². The molecule has 0 aromatic rings. The van der Waals surface area contributed by atoms with Gasteiger partial charge in [0.2, 0.25) is 15.9 Å². The summed E-state index contributed by atoms with van der Waals surface area (Å²) in [5, 5.41) is 12.0. The van der Waals surface area contributed by atoms with Crippen molar-refractivity contribution in [3.05, 3.63) is 0 Å². The molecular formula is C13H24N2O6S. The van der Waals surface area contributed by atoms with Gasteiger partial charge in [0.25, 0.3) is 0 Å². The third-order valence-corrected chi connectivity index (χ3v) is 5.68. The van der Waals surface area contributed by atoms with Gasteiger partial charge in [-0.2, -0.15) is 4.31 Å². The van der Waals surface area contributed by atoms with E-state index in [1.807, 2.05) is 6.92 Å². The van der Waals surface area contributed by atoms with Crippen molar-refractivity contribution in [3.63, 3.8) is 0 Å². The van der Waals surface area contributed by atoms with E-state index in [-0.39, 0.29) is 12.5 Å². The van der Waals surface area contributed by atoms with Gasteiger partial charge in [0.1, 0.15) is 5.54 Å². The molecule has 0 spiro atoms. The Hall–Kier alpha value is -1.19. The first-order chi connectivity index (χ1) is 9.88. The standard InChI is InChI=1S/C13H24N2O6S/c1-6-21-9-7-13(11(17)18,12(9,2)3)14-10(16)8-15(4)22(5,19)20/h9H,6-8H2,1-5H3,(H,14,16)(H,17,18). The normalized spacial score (nSPS) is 27.3. The van der Waals surface area contributed by atoms with Crippen LogP contribution in [0.5, 0.6) is 0 Å². The quantitative estimate of drug-likeness (QED) is 0.657. The highest BCUT2D eigenvalue weighted by atomic mass is 32.2. The molecule has 0 aliphatic heterocycles. The zero-order valence-corrected chi connectivity index (χ0v) is 14.4. The van der Waals surface area contributed by atoms with Crippen LogP contribution in [0.4, 0.5) is 0 Å². The van der Waals surface area contributed by atoms with Crippen molar-refractivity contribution in [1.29, 1.82) is 0 Å². The molecule has 1 aliphatic carbocycles. The van der Waals surface area contributed by atoms with Crippen molar-refractivity contribution >= 4 is 21.9 Å². The van der Waals surface area contributed by atoms with Gasteiger partial charge < -0.3 is 15.2 Å². The molecule has 1 fully saturated rings. The molecule has 1 amide bonds. The summed E-state index contributed by atoms with van der Waals surface area (Å²) in [5.74, 6) is -1.80. The monoisotopic (exact) mass is 336 g/mol. The summed E-state index contributed by atoms with van der Waals surface area (Å²) in [6.07, 6.45) is 0.852. The average Bonchev–Trinajstić information content (AvgIpc) is 2.35. The van der Waals surface area contributed by atoms with Crippen molar-refractivity contribution < 1.29 is 27.9 Å². The van der Waals surface area contributed by atoms with Crippen molar-refractivity contribution in [3.8, 4) is 0 Å². The number of carboxylic acid groups (broad SMARTS) is 1. The maximum atomic E-state index is 12.0. The minimum Gasteiger partial charge on any atom is -0.479 e. The third-order valence-electron chi connectivity index (χ3n) is 4.41. The number of amides is 1. The molecule has 2 unspecified atom stereocenters. The van der Waals surface area contributed by atoms with E-state index in [0.717, 1.165) is 10.6 Å². The van der Waals surface area contributed by atoms with Crippen LogP contribution in [-0.4, -0.2) is 67.8 Å². The van der Waals surface area contributed by atoms with E-state index in [9.17, 15) is 23.1 Å². The molecule has 2 N–H and O–H groups in total. The number of rotatable bonds is 7. The predicted octanol–water partition coefficient (Wildman–Crippen LogP) is -0.348. The molecule has 0 bridgehead atoms. The number of carbonyl (C=O) groups excluding carboxylic acids is 1. The second-order valence-electron chi connectivity index (χ2n) is 6.15. The Labute approximate surface area is 130 Å². The van der Waals surface area contributed by atoms with Crippen molar-refractivity contribution in [2.75, 3.05) is 26.5 Å². The maximum Gasteiger partial charge on any atom is 0.330 e. The topological polar surface area (TPSA) is 113 Å². The summed E-state index contributed by atoms with van der Waals surface area (Å²) >= 11 is 0. The number of hydrogen-bond donors (Lipinski definition) is 2. The Morgan fingerprint density at radius 1 is 1.41 bits per heavy atom. The Bertz CT molecular complexity index is 559. The fourth-order valence-corrected chi connectivity index (χ4v) is 2.99. The number of carbonyl (C=O) groups is 2. The minimum atomic E-state index is -3.51. The number of sulfonamides is 1. The van der Waals surface area contributed by atoms with Crippen LogP contribution in [-0.2, 0) is 24.3 Å². The Balaban J connectivity index is 2.88. The van der Waals surface area contributed by atoms with Crippen LogP contribution in [0.2, 0.25) is 0 Å². The molecule has 1 aliphatic rings. The number of ether oxygens (including phenoxy) is 1. The Morgan fingerprint density at radius 3 is 2.32 bits per heavy atom. The van der Waals surface area contributed by atoms with Gasteiger partial charge in [0.15, 0.2) is 0 Å². The summed E-state index contributed by atoms with van der Waals surface area (Å²) in [6, 6.07) is 0. The molecule has 0 aromatic heterocycles. The van der Waals surface area contributed by atoms with Crippen LogP contribution in [0, 0.1) is 5.41 Å². The molecule has 0 heterocycles. The second-order valence-corrected chi connectivity index (χ2v) is 8.24. The minimum absolute atomic E-state index is 0.150. The number of hydrogen-bond acceptors (Lipinski definition) is 5. The van der Waals surface area contributed by atoms with E-state index in [4.69, 9.17) is 4.74 Å². The highest BCUT2D eigenvalue weighted by Crippen LogP contribution is 2.51. The lowest BCUT2D eigenvalue weighted by atomic mass is 9.54. The van der Waals surface area contributed by atoms with Crippen LogP contribution in [0.15, 0.2) is 0 Å². The van der Waals surface area contributed by atoms with Gasteiger partial charge in [-0.25, -0.2) is 13.2 Å². The zero-order chi connectivity index (χ0) is 17.3. The van der Waals surface area contributed by atoms with E-state index in [1.165, 1.54) is 7.05 Å². The fraction of sp³-hybridized carbons (Fsp3) is 0.846. The third kappa shape index (κ3) is 3.26. The lowest BCUT2D eigenvalue weighted by Gasteiger charge is -2.58. The van der Waals surface area contributed by atoms with Gasteiger partial charge in [-0.15, -0.1) is 0 Å². The van der Waals surface area contributed by atoms with Gasteiger partial charge in [-0.1, -0.05) is 13.8 Å². The molecule has 9 heteroatoms. The number of nitrogens with zero attached hydrogens (tertiary/aromatic N) is 1.